The Morgan fingerprint density at radius 1 is 1.18 bits per heavy atom. The summed E-state index contributed by atoms with van der Waals surface area (Å²) in [5.74, 6) is 2.18. The van der Waals surface area contributed by atoms with Gasteiger partial charge in [-0.05, 0) is 32.8 Å². The van der Waals surface area contributed by atoms with Crippen molar-refractivity contribution in [2.45, 2.75) is 46.1 Å². The molecule has 1 aliphatic heterocycles. The van der Waals surface area contributed by atoms with Gasteiger partial charge in [-0.2, -0.15) is 0 Å². The summed E-state index contributed by atoms with van der Waals surface area (Å²) in [6.07, 6.45) is 4.84. The van der Waals surface area contributed by atoms with Gasteiger partial charge in [0.1, 0.15) is 5.82 Å². The molecule has 2 aromatic heterocycles. The van der Waals surface area contributed by atoms with Crippen molar-refractivity contribution in [3.8, 4) is 11.4 Å². The van der Waals surface area contributed by atoms with Gasteiger partial charge < -0.3 is 9.55 Å². The topological polar surface area (TPSA) is 46.5 Å². The van der Waals surface area contributed by atoms with Gasteiger partial charge >= 0.3 is 0 Å². The lowest BCUT2D eigenvalue weighted by molar-refractivity contribution is 0.636. The first kappa shape index (κ1) is 10.6. The second kappa shape index (κ2) is 4.02. The highest BCUT2D eigenvalue weighted by Gasteiger charge is 2.17. The summed E-state index contributed by atoms with van der Waals surface area (Å²) in [5.41, 5.74) is 3.56. The summed E-state index contributed by atoms with van der Waals surface area (Å²) >= 11 is 0. The van der Waals surface area contributed by atoms with E-state index in [4.69, 9.17) is 0 Å². The van der Waals surface area contributed by atoms with Crippen molar-refractivity contribution in [2.75, 3.05) is 0 Å². The van der Waals surface area contributed by atoms with Gasteiger partial charge in [0, 0.05) is 29.9 Å². The molecule has 0 spiro atoms. The molecule has 4 heteroatoms. The minimum Gasteiger partial charge on any atom is -0.362 e. The molecule has 17 heavy (non-hydrogen) atoms. The Bertz CT molecular complexity index is 536. The second-order valence-corrected chi connectivity index (χ2v) is 4.89. The zero-order valence-corrected chi connectivity index (χ0v) is 10.5. The minimum absolute atomic E-state index is 1.03. The van der Waals surface area contributed by atoms with Crippen molar-refractivity contribution >= 4 is 0 Å². The second-order valence-electron chi connectivity index (χ2n) is 4.89. The fraction of sp³-hybridized carbons (Fsp3) is 0.538. The quantitative estimate of drug-likeness (QED) is 0.818. The predicted molar refractivity (Wildman–Crippen MR) is 66.8 cm³/mol. The van der Waals surface area contributed by atoms with E-state index < -0.39 is 0 Å². The van der Waals surface area contributed by atoms with E-state index in [1.54, 1.807) is 0 Å². The molecule has 0 saturated carbocycles. The molecule has 3 rings (SSSR count). The number of aryl methyl sites for hydroxylation is 3. The maximum Gasteiger partial charge on any atom is 0.165 e. The lowest BCUT2D eigenvalue weighted by Gasteiger charge is -2.06. The van der Waals surface area contributed by atoms with Gasteiger partial charge in [0.15, 0.2) is 5.82 Å². The number of hydrogen-bond donors (Lipinski definition) is 1. The number of rotatable bonds is 1. The average Bonchev–Trinajstić information content (AvgIpc) is 2.74. The molecule has 0 amide bonds. The fourth-order valence-electron chi connectivity index (χ4n) is 2.64. The van der Waals surface area contributed by atoms with Crippen LogP contribution < -0.4 is 0 Å². The molecular formula is C13H18N4. The molecule has 0 radical (unpaired) electrons. The molecular weight excluding hydrogens is 212 g/mol. The monoisotopic (exact) mass is 230 g/mol. The van der Waals surface area contributed by atoms with Gasteiger partial charge in [0.2, 0.25) is 0 Å². The highest BCUT2D eigenvalue weighted by atomic mass is 15.3. The molecule has 0 aromatic carbocycles. The Kier molecular flexibility index (Phi) is 2.50. The third-order valence-corrected chi connectivity index (χ3v) is 3.50. The first-order valence-corrected chi connectivity index (χ1v) is 6.34. The fourth-order valence-corrected chi connectivity index (χ4v) is 2.64. The van der Waals surface area contributed by atoms with Crippen LogP contribution >= 0.6 is 0 Å². The summed E-state index contributed by atoms with van der Waals surface area (Å²) in [6.45, 7) is 5.23. The van der Waals surface area contributed by atoms with E-state index in [1.165, 1.54) is 36.2 Å². The largest absolute Gasteiger partial charge is 0.362 e. The van der Waals surface area contributed by atoms with Crippen LogP contribution in [0.3, 0.4) is 0 Å². The normalized spacial score (nSPS) is 15.6. The van der Waals surface area contributed by atoms with Crippen LogP contribution in [0, 0.1) is 13.8 Å². The SMILES string of the molecule is Cc1cc(-c2nnc3n2CCCCC3)c(C)[nH]1. The van der Waals surface area contributed by atoms with E-state index in [1.807, 2.05) is 0 Å². The van der Waals surface area contributed by atoms with Gasteiger partial charge in [-0.1, -0.05) is 6.42 Å². The summed E-state index contributed by atoms with van der Waals surface area (Å²) in [7, 11) is 0. The molecule has 0 unspecified atom stereocenters. The number of H-pyrrole nitrogens is 1. The van der Waals surface area contributed by atoms with E-state index in [9.17, 15) is 0 Å². The average molecular weight is 230 g/mol. The lowest BCUT2D eigenvalue weighted by Crippen LogP contribution is -2.03. The number of hydrogen-bond acceptors (Lipinski definition) is 2. The van der Waals surface area contributed by atoms with Crippen LogP contribution in [0.15, 0.2) is 6.07 Å². The lowest BCUT2D eigenvalue weighted by atomic mass is 10.2. The van der Waals surface area contributed by atoms with Crippen molar-refractivity contribution in [3.63, 3.8) is 0 Å². The molecule has 1 N–H and O–H groups in total. The third-order valence-electron chi connectivity index (χ3n) is 3.50. The summed E-state index contributed by atoms with van der Waals surface area (Å²) in [6, 6.07) is 2.16. The Balaban J connectivity index is 2.09. The maximum atomic E-state index is 4.38. The molecule has 0 bridgehead atoms. The number of fused-ring (bicyclic) bond motifs is 1. The standard InChI is InChI=1S/C13H18N4/c1-9-8-11(10(2)14-9)13-16-15-12-6-4-3-5-7-17(12)13/h8,14H,3-7H2,1-2H3. The van der Waals surface area contributed by atoms with Crippen molar-refractivity contribution in [2.24, 2.45) is 0 Å². The van der Waals surface area contributed by atoms with Crippen molar-refractivity contribution < 1.29 is 0 Å². The van der Waals surface area contributed by atoms with Crippen LogP contribution in [0.25, 0.3) is 11.4 Å². The van der Waals surface area contributed by atoms with Gasteiger partial charge in [-0.25, -0.2) is 0 Å². The predicted octanol–water partition coefficient (Wildman–Crippen LogP) is 2.62. The number of nitrogens with one attached hydrogen (secondary N) is 1. The Labute approximate surface area is 101 Å². The minimum atomic E-state index is 1.03. The Morgan fingerprint density at radius 3 is 2.82 bits per heavy atom. The maximum absolute atomic E-state index is 4.38. The molecule has 1 aliphatic rings. The zero-order valence-electron chi connectivity index (χ0n) is 10.5. The van der Waals surface area contributed by atoms with Crippen LogP contribution in [-0.4, -0.2) is 19.7 Å². The molecule has 0 fully saturated rings. The van der Waals surface area contributed by atoms with Crippen molar-refractivity contribution in [1.82, 2.24) is 19.7 Å². The van der Waals surface area contributed by atoms with Crippen LogP contribution in [0.5, 0.6) is 0 Å². The first-order valence-electron chi connectivity index (χ1n) is 6.34. The van der Waals surface area contributed by atoms with E-state index in [2.05, 4.69) is 39.7 Å². The molecule has 2 aromatic rings. The van der Waals surface area contributed by atoms with Gasteiger partial charge in [-0.3, -0.25) is 0 Å². The number of aromatic nitrogens is 4. The van der Waals surface area contributed by atoms with E-state index in [-0.39, 0.29) is 0 Å². The van der Waals surface area contributed by atoms with Crippen LogP contribution in [0.4, 0.5) is 0 Å². The first-order chi connectivity index (χ1) is 8.25. The summed E-state index contributed by atoms with van der Waals surface area (Å²) in [4.78, 5) is 3.34. The van der Waals surface area contributed by atoms with Crippen molar-refractivity contribution in [3.05, 3.63) is 23.3 Å². The molecule has 90 valence electrons. The van der Waals surface area contributed by atoms with E-state index in [0.29, 0.717) is 0 Å². The molecule has 0 aliphatic carbocycles. The van der Waals surface area contributed by atoms with Crippen LogP contribution in [-0.2, 0) is 13.0 Å². The highest BCUT2D eigenvalue weighted by Crippen LogP contribution is 2.25. The van der Waals surface area contributed by atoms with Crippen LogP contribution in [0.1, 0.15) is 36.5 Å². The zero-order chi connectivity index (χ0) is 11.8. The van der Waals surface area contributed by atoms with E-state index >= 15 is 0 Å². The smallest absolute Gasteiger partial charge is 0.165 e. The molecule has 3 heterocycles. The highest BCUT2D eigenvalue weighted by molar-refractivity contribution is 5.60. The molecule has 0 atom stereocenters. The Morgan fingerprint density at radius 2 is 2.06 bits per heavy atom. The Hall–Kier alpha value is -1.58. The third kappa shape index (κ3) is 1.77. The van der Waals surface area contributed by atoms with Gasteiger partial charge in [-0.15, -0.1) is 10.2 Å². The van der Waals surface area contributed by atoms with Crippen LogP contribution in [0.2, 0.25) is 0 Å². The van der Waals surface area contributed by atoms with Gasteiger partial charge in [0.05, 0.1) is 0 Å². The molecule has 4 nitrogen and oxygen atoms in total. The summed E-state index contributed by atoms with van der Waals surface area (Å²) in [5, 5.41) is 8.72. The number of nitrogens with zero attached hydrogens (tertiary/aromatic N) is 3. The molecule has 0 saturated heterocycles. The van der Waals surface area contributed by atoms with E-state index in [0.717, 1.165) is 24.6 Å². The number of aromatic amines is 1. The van der Waals surface area contributed by atoms with Crippen molar-refractivity contribution in [1.29, 1.82) is 0 Å². The van der Waals surface area contributed by atoms with Gasteiger partial charge in [0.25, 0.3) is 0 Å². The summed E-state index contributed by atoms with van der Waals surface area (Å²) < 4.78 is 2.29.